The number of thiazole rings is 1. The molecule has 2 N–H and O–H groups in total. The molecule has 0 radical (unpaired) electrons. The molecule has 1 atom stereocenters. The summed E-state index contributed by atoms with van der Waals surface area (Å²) >= 11 is 1.78. The lowest BCUT2D eigenvalue weighted by Crippen LogP contribution is -2.50. The van der Waals surface area contributed by atoms with E-state index in [0.717, 1.165) is 45.6 Å². The summed E-state index contributed by atoms with van der Waals surface area (Å²) in [5.74, 6) is 0. The molecule has 0 spiro atoms. The molecule has 0 amide bonds. The molecule has 2 heterocycles. The molecular formula is C14H26N4S. The largest absolute Gasteiger partial charge is 0.346 e. The van der Waals surface area contributed by atoms with Gasteiger partial charge in [0.15, 0.2) is 5.13 Å². The number of aromatic nitrogens is 1. The quantitative estimate of drug-likeness (QED) is 0.866. The molecule has 1 aromatic rings. The van der Waals surface area contributed by atoms with Gasteiger partial charge in [0.25, 0.3) is 0 Å². The summed E-state index contributed by atoms with van der Waals surface area (Å²) in [6, 6.07) is 0.662. The summed E-state index contributed by atoms with van der Waals surface area (Å²) in [5.41, 5.74) is 6.92. The highest BCUT2D eigenvalue weighted by molar-refractivity contribution is 7.13. The Kier molecular flexibility index (Phi) is 5.60. The zero-order valence-corrected chi connectivity index (χ0v) is 13.0. The maximum atomic E-state index is 5.70. The lowest BCUT2D eigenvalue weighted by Gasteiger charge is -2.39. The highest BCUT2D eigenvalue weighted by atomic mass is 32.1. The van der Waals surface area contributed by atoms with Gasteiger partial charge in [-0.15, -0.1) is 11.3 Å². The number of rotatable bonds is 6. The fraction of sp³-hybridized carbons (Fsp3) is 0.786. The molecule has 1 unspecified atom stereocenters. The first-order chi connectivity index (χ1) is 9.28. The zero-order chi connectivity index (χ0) is 13.7. The summed E-state index contributed by atoms with van der Waals surface area (Å²) in [5, 5.41) is 3.38. The van der Waals surface area contributed by atoms with Crippen molar-refractivity contribution in [2.45, 2.75) is 39.2 Å². The highest BCUT2D eigenvalue weighted by Crippen LogP contribution is 2.23. The third kappa shape index (κ3) is 3.68. The SMILES string of the molecule is CCc1csc(N2CCN(C(CC)CCN)CC2)n1. The van der Waals surface area contributed by atoms with Crippen LogP contribution >= 0.6 is 11.3 Å². The average Bonchev–Trinajstić information content (AvgIpc) is 2.94. The molecule has 5 heteroatoms. The Labute approximate surface area is 120 Å². The van der Waals surface area contributed by atoms with Crippen LogP contribution in [0.1, 0.15) is 32.4 Å². The van der Waals surface area contributed by atoms with E-state index in [2.05, 4.69) is 34.0 Å². The van der Waals surface area contributed by atoms with Crippen LogP contribution in [0.2, 0.25) is 0 Å². The topological polar surface area (TPSA) is 45.4 Å². The van der Waals surface area contributed by atoms with Gasteiger partial charge in [-0.25, -0.2) is 4.98 Å². The van der Waals surface area contributed by atoms with E-state index in [0.29, 0.717) is 6.04 Å². The number of hydrogen-bond donors (Lipinski definition) is 1. The summed E-state index contributed by atoms with van der Waals surface area (Å²) in [4.78, 5) is 9.71. The lowest BCUT2D eigenvalue weighted by atomic mass is 10.1. The van der Waals surface area contributed by atoms with Crippen LogP contribution in [0.25, 0.3) is 0 Å². The summed E-state index contributed by atoms with van der Waals surface area (Å²) in [7, 11) is 0. The van der Waals surface area contributed by atoms with Crippen LogP contribution in [0, 0.1) is 0 Å². The maximum absolute atomic E-state index is 5.70. The van der Waals surface area contributed by atoms with E-state index in [1.807, 2.05) is 0 Å². The smallest absolute Gasteiger partial charge is 0.185 e. The predicted octanol–water partition coefficient (Wildman–Crippen LogP) is 1.95. The molecule has 2 rings (SSSR count). The van der Waals surface area contributed by atoms with E-state index < -0.39 is 0 Å². The minimum atomic E-state index is 0.662. The summed E-state index contributed by atoms with van der Waals surface area (Å²) < 4.78 is 0. The van der Waals surface area contributed by atoms with Crippen LogP contribution in [-0.2, 0) is 6.42 Å². The van der Waals surface area contributed by atoms with Gasteiger partial charge in [-0.1, -0.05) is 13.8 Å². The van der Waals surface area contributed by atoms with Gasteiger partial charge < -0.3 is 10.6 Å². The Hall–Kier alpha value is -0.650. The third-order valence-corrected chi connectivity index (χ3v) is 4.92. The van der Waals surface area contributed by atoms with Crippen LogP contribution in [0.4, 0.5) is 5.13 Å². The van der Waals surface area contributed by atoms with E-state index in [-0.39, 0.29) is 0 Å². The van der Waals surface area contributed by atoms with Crippen molar-refractivity contribution in [1.82, 2.24) is 9.88 Å². The number of hydrogen-bond acceptors (Lipinski definition) is 5. The molecule has 0 bridgehead atoms. The van der Waals surface area contributed by atoms with Crippen molar-refractivity contribution in [2.75, 3.05) is 37.6 Å². The van der Waals surface area contributed by atoms with Crippen molar-refractivity contribution in [3.05, 3.63) is 11.1 Å². The van der Waals surface area contributed by atoms with E-state index >= 15 is 0 Å². The molecule has 1 fully saturated rings. The number of nitrogens with zero attached hydrogens (tertiary/aromatic N) is 3. The molecule has 1 aromatic heterocycles. The Morgan fingerprint density at radius 1 is 1.32 bits per heavy atom. The lowest BCUT2D eigenvalue weighted by molar-refractivity contribution is 0.173. The fourth-order valence-electron chi connectivity index (χ4n) is 2.72. The molecule has 0 aromatic carbocycles. The van der Waals surface area contributed by atoms with Crippen LogP contribution in [0.5, 0.6) is 0 Å². The third-order valence-electron chi connectivity index (χ3n) is 3.97. The second kappa shape index (κ2) is 7.22. The van der Waals surface area contributed by atoms with E-state index in [1.165, 1.54) is 17.2 Å². The number of nitrogens with two attached hydrogens (primary N) is 1. The molecule has 1 aliphatic heterocycles. The van der Waals surface area contributed by atoms with Crippen molar-refractivity contribution in [2.24, 2.45) is 5.73 Å². The van der Waals surface area contributed by atoms with Gasteiger partial charge in [-0.2, -0.15) is 0 Å². The average molecular weight is 282 g/mol. The van der Waals surface area contributed by atoms with Gasteiger partial charge >= 0.3 is 0 Å². The van der Waals surface area contributed by atoms with Gasteiger partial charge in [0, 0.05) is 37.6 Å². The Morgan fingerprint density at radius 3 is 2.58 bits per heavy atom. The van der Waals surface area contributed by atoms with Crippen molar-refractivity contribution in [3.63, 3.8) is 0 Å². The number of anilines is 1. The first-order valence-electron chi connectivity index (χ1n) is 7.41. The van der Waals surface area contributed by atoms with Crippen molar-refractivity contribution in [3.8, 4) is 0 Å². The minimum Gasteiger partial charge on any atom is -0.346 e. The van der Waals surface area contributed by atoms with E-state index in [9.17, 15) is 0 Å². The van der Waals surface area contributed by atoms with Gasteiger partial charge in [-0.05, 0) is 25.8 Å². The van der Waals surface area contributed by atoms with Crippen LogP contribution in [0.15, 0.2) is 5.38 Å². The minimum absolute atomic E-state index is 0.662. The fourth-order valence-corrected chi connectivity index (χ4v) is 3.68. The number of aryl methyl sites for hydroxylation is 1. The molecule has 4 nitrogen and oxygen atoms in total. The molecule has 0 aliphatic carbocycles. The van der Waals surface area contributed by atoms with E-state index in [1.54, 1.807) is 11.3 Å². The van der Waals surface area contributed by atoms with Crippen LogP contribution in [-0.4, -0.2) is 48.6 Å². The van der Waals surface area contributed by atoms with Gasteiger partial charge in [0.2, 0.25) is 0 Å². The first kappa shape index (κ1) is 14.8. The monoisotopic (exact) mass is 282 g/mol. The molecule has 108 valence electrons. The second-order valence-corrected chi connectivity index (χ2v) is 5.97. The molecule has 1 aliphatic rings. The van der Waals surface area contributed by atoms with Gasteiger partial charge in [0.05, 0.1) is 5.69 Å². The Bertz CT molecular complexity index is 371. The standard InChI is InChI=1S/C14H26N4S/c1-3-12-11-19-14(16-12)18-9-7-17(8-10-18)13(4-2)5-6-15/h11,13H,3-10,15H2,1-2H3. The van der Waals surface area contributed by atoms with Crippen LogP contribution < -0.4 is 10.6 Å². The summed E-state index contributed by atoms with van der Waals surface area (Å²) in [6.07, 6.45) is 3.35. The van der Waals surface area contributed by atoms with Crippen molar-refractivity contribution < 1.29 is 0 Å². The van der Waals surface area contributed by atoms with Gasteiger partial charge in [0.1, 0.15) is 0 Å². The maximum Gasteiger partial charge on any atom is 0.185 e. The second-order valence-electron chi connectivity index (χ2n) is 5.14. The first-order valence-corrected chi connectivity index (χ1v) is 8.29. The number of piperazine rings is 1. The van der Waals surface area contributed by atoms with Crippen LogP contribution in [0.3, 0.4) is 0 Å². The predicted molar refractivity (Wildman–Crippen MR) is 83.0 cm³/mol. The Morgan fingerprint density at radius 2 is 2.05 bits per heavy atom. The Balaban J connectivity index is 1.87. The van der Waals surface area contributed by atoms with Crippen molar-refractivity contribution >= 4 is 16.5 Å². The van der Waals surface area contributed by atoms with Crippen molar-refractivity contribution in [1.29, 1.82) is 0 Å². The molecule has 0 saturated carbocycles. The summed E-state index contributed by atoms with van der Waals surface area (Å²) in [6.45, 7) is 9.69. The van der Waals surface area contributed by atoms with E-state index in [4.69, 9.17) is 5.73 Å². The normalized spacial score (nSPS) is 18.8. The zero-order valence-electron chi connectivity index (χ0n) is 12.1. The molecule has 19 heavy (non-hydrogen) atoms. The highest BCUT2D eigenvalue weighted by Gasteiger charge is 2.23. The van der Waals surface area contributed by atoms with Gasteiger partial charge in [-0.3, -0.25) is 4.90 Å². The molecule has 1 saturated heterocycles. The molecular weight excluding hydrogens is 256 g/mol.